The number of rotatable bonds is 4. The van der Waals surface area contributed by atoms with Gasteiger partial charge >= 0.3 is 0 Å². The van der Waals surface area contributed by atoms with E-state index in [1.165, 1.54) is 24.6 Å². The summed E-state index contributed by atoms with van der Waals surface area (Å²) in [6.07, 6.45) is 10.5. The summed E-state index contributed by atoms with van der Waals surface area (Å²) in [5.74, 6) is 0. The molecule has 0 spiro atoms. The Balaban J connectivity index is 2.45. The van der Waals surface area contributed by atoms with Crippen LogP contribution < -0.4 is 0 Å². The highest BCUT2D eigenvalue weighted by Crippen LogP contribution is 2.19. The number of hydrogen-bond donors (Lipinski definition) is 0. The predicted molar refractivity (Wildman–Crippen MR) is 56.9 cm³/mol. The van der Waals surface area contributed by atoms with Gasteiger partial charge in [0.15, 0.2) is 0 Å². The minimum Gasteiger partial charge on any atom is -0.361 e. The number of nitrogens with zero attached hydrogens (tertiary/aromatic N) is 2. The lowest BCUT2D eigenvalue weighted by atomic mass is 10.3. The Hall–Kier alpha value is -0.880. The molecule has 0 bridgehead atoms. The van der Waals surface area contributed by atoms with Gasteiger partial charge in [0, 0.05) is 12.7 Å². The summed E-state index contributed by atoms with van der Waals surface area (Å²) >= 11 is 1.30. The average Bonchev–Trinajstić information content (AvgIpc) is 2.17. The van der Waals surface area contributed by atoms with Gasteiger partial charge in [-0.3, -0.25) is 0 Å². The van der Waals surface area contributed by atoms with Crippen molar-refractivity contribution in [1.29, 1.82) is 5.26 Å². The summed E-state index contributed by atoms with van der Waals surface area (Å²) in [5.41, 5.74) is 0. The fourth-order valence-corrected chi connectivity index (χ4v) is 1.81. The second-order valence-corrected chi connectivity index (χ2v) is 3.82. The quantitative estimate of drug-likeness (QED) is 0.644. The average molecular weight is 194 g/mol. The first-order chi connectivity index (χ1) is 6.38. The first kappa shape index (κ1) is 10.2. The van der Waals surface area contributed by atoms with E-state index < -0.39 is 0 Å². The van der Waals surface area contributed by atoms with Crippen LogP contribution in [0, 0.1) is 10.7 Å². The molecule has 0 aromatic rings. The Bertz CT molecular complexity index is 240. The van der Waals surface area contributed by atoms with Crippen molar-refractivity contribution >= 4 is 11.8 Å². The van der Waals surface area contributed by atoms with E-state index in [0.29, 0.717) is 0 Å². The second-order valence-electron chi connectivity index (χ2n) is 2.92. The van der Waals surface area contributed by atoms with Gasteiger partial charge in [-0.1, -0.05) is 25.5 Å². The Morgan fingerprint density at radius 2 is 2.38 bits per heavy atom. The number of allylic oxidation sites excluding steroid dienone is 2. The topological polar surface area (TPSA) is 27.0 Å². The van der Waals surface area contributed by atoms with Gasteiger partial charge in [-0.25, -0.2) is 0 Å². The van der Waals surface area contributed by atoms with Crippen LogP contribution in [0.1, 0.15) is 19.8 Å². The van der Waals surface area contributed by atoms with Crippen molar-refractivity contribution in [3.63, 3.8) is 0 Å². The molecule has 0 radical (unpaired) electrons. The largest absolute Gasteiger partial charge is 0.361 e. The maximum Gasteiger partial charge on any atom is 0.135 e. The van der Waals surface area contributed by atoms with Gasteiger partial charge in [0.05, 0.1) is 0 Å². The highest BCUT2D eigenvalue weighted by atomic mass is 32.2. The van der Waals surface area contributed by atoms with E-state index in [1.54, 1.807) is 0 Å². The maximum atomic E-state index is 8.59. The highest BCUT2D eigenvalue weighted by Gasteiger charge is 2.13. The van der Waals surface area contributed by atoms with Gasteiger partial charge in [-0.15, -0.1) is 0 Å². The Kier molecular flexibility index (Phi) is 4.48. The highest BCUT2D eigenvalue weighted by molar-refractivity contribution is 8.04. The number of nitriles is 1. The minimum absolute atomic E-state index is 0.210. The molecule has 0 amide bonds. The van der Waals surface area contributed by atoms with E-state index >= 15 is 0 Å². The number of thiocyanates is 1. The lowest BCUT2D eigenvalue weighted by Crippen LogP contribution is -2.28. The fraction of sp³-hybridized carbons (Fsp3) is 0.500. The summed E-state index contributed by atoms with van der Waals surface area (Å²) in [6, 6.07) is 0. The normalized spacial score (nSPS) is 20.3. The fourth-order valence-electron chi connectivity index (χ4n) is 1.22. The molecule has 70 valence electrons. The summed E-state index contributed by atoms with van der Waals surface area (Å²) < 4.78 is 0. The number of unbranched alkanes of at least 4 members (excludes halogenated alkanes) is 1. The molecule has 0 aromatic heterocycles. The molecule has 0 aliphatic carbocycles. The molecule has 1 aliphatic rings. The Labute approximate surface area is 83.9 Å². The molecular weight excluding hydrogens is 180 g/mol. The van der Waals surface area contributed by atoms with Crippen LogP contribution >= 0.6 is 11.8 Å². The molecular formula is C10H14N2S. The van der Waals surface area contributed by atoms with Crippen molar-refractivity contribution in [1.82, 2.24) is 4.90 Å². The molecule has 1 rings (SSSR count). The maximum absolute atomic E-state index is 8.59. The van der Waals surface area contributed by atoms with Crippen molar-refractivity contribution in [2.75, 3.05) is 6.54 Å². The van der Waals surface area contributed by atoms with Crippen LogP contribution in [-0.4, -0.2) is 16.8 Å². The van der Waals surface area contributed by atoms with Crippen molar-refractivity contribution in [2.24, 2.45) is 0 Å². The zero-order chi connectivity index (χ0) is 9.52. The zero-order valence-corrected chi connectivity index (χ0v) is 8.63. The van der Waals surface area contributed by atoms with Gasteiger partial charge in [0.1, 0.15) is 10.8 Å². The Morgan fingerprint density at radius 3 is 3.08 bits per heavy atom. The molecule has 13 heavy (non-hydrogen) atoms. The predicted octanol–water partition coefficient (Wildman–Crippen LogP) is 2.71. The van der Waals surface area contributed by atoms with Crippen LogP contribution in [0.25, 0.3) is 0 Å². The van der Waals surface area contributed by atoms with Gasteiger partial charge in [0.2, 0.25) is 0 Å². The molecule has 3 heteroatoms. The smallest absolute Gasteiger partial charge is 0.135 e. The third-order valence-corrected chi connectivity index (χ3v) is 2.71. The summed E-state index contributed by atoms with van der Waals surface area (Å²) in [6.45, 7) is 3.21. The second kappa shape index (κ2) is 5.71. The van der Waals surface area contributed by atoms with E-state index in [2.05, 4.69) is 29.5 Å². The van der Waals surface area contributed by atoms with Gasteiger partial charge in [-0.2, -0.15) is 5.26 Å². The summed E-state index contributed by atoms with van der Waals surface area (Å²) in [7, 11) is 0. The molecule has 0 aromatic carbocycles. The zero-order valence-electron chi connectivity index (χ0n) is 7.81. The van der Waals surface area contributed by atoms with Crippen LogP contribution in [0.3, 0.4) is 0 Å². The minimum atomic E-state index is 0.210. The molecule has 1 atom stereocenters. The van der Waals surface area contributed by atoms with Crippen molar-refractivity contribution in [2.45, 2.75) is 25.1 Å². The molecule has 1 heterocycles. The summed E-state index contributed by atoms with van der Waals surface area (Å²) in [4.78, 5) is 2.21. The standard InChI is InChI=1S/C10H14N2S/c1-2-3-7-12-8-5-4-6-10(12)13-9-11/h4-6,8,10H,2-3,7H2,1H3. The van der Waals surface area contributed by atoms with Crippen LogP contribution in [0.15, 0.2) is 24.4 Å². The SMILES string of the molecule is CCCCN1C=CC=CC1SC#N. The molecule has 0 saturated carbocycles. The van der Waals surface area contributed by atoms with Crippen molar-refractivity contribution < 1.29 is 0 Å². The van der Waals surface area contributed by atoms with E-state index in [1.807, 2.05) is 12.2 Å². The van der Waals surface area contributed by atoms with Gasteiger partial charge in [0.25, 0.3) is 0 Å². The number of hydrogen-bond acceptors (Lipinski definition) is 3. The van der Waals surface area contributed by atoms with Crippen molar-refractivity contribution in [3.8, 4) is 5.40 Å². The molecule has 2 nitrogen and oxygen atoms in total. The van der Waals surface area contributed by atoms with E-state index in [0.717, 1.165) is 6.54 Å². The van der Waals surface area contributed by atoms with E-state index in [9.17, 15) is 0 Å². The third kappa shape index (κ3) is 3.16. The molecule has 0 N–H and O–H groups in total. The van der Waals surface area contributed by atoms with Gasteiger partial charge < -0.3 is 4.90 Å². The van der Waals surface area contributed by atoms with Crippen LogP contribution in [0.4, 0.5) is 0 Å². The summed E-state index contributed by atoms with van der Waals surface area (Å²) in [5, 5.41) is 10.9. The molecule has 1 aliphatic heterocycles. The molecule has 1 unspecified atom stereocenters. The third-order valence-electron chi connectivity index (χ3n) is 1.93. The lowest BCUT2D eigenvalue weighted by molar-refractivity contribution is 0.378. The monoisotopic (exact) mass is 194 g/mol. The first-order valence-electron chi connectivity index (χ1n) is 4.54. The van der Waals surface area contributed by atoms with Crippen LogP contribution in [0.2, 0.25) is 0 Å². The van der Waals surface area contributed by atoms with E-state index in [4.69, 9.17) is 5.26 Å². The first-order valence-corrected chi connectivity index (χ1v) is 5.42. The van der Waals surface area contributed by atoms with E-state index in [-0.39, 0.29) is 5.37 Å². The Morgan fingerprint density at radius 1 is 1.54 bits per heavy atom. The number of thioether (sulfide) groups is 1. The molecule has 0 fully saturated rings. The molecule has 0 saturated heterocycles. The van der Waals surface area contributed by atoms with Crippen LogP contribution in [-0.2, 0) is 0 Å². The van der Waals surface area contributed by atoms with Crippen LogP contribution in [0.5, 0.6) is 0 Å². The van der Waals surface area contributed by atoms with Gasteiger partial charge in [-0.05, 0) is 24.3 Å². The van der Waals surface area contributed by atoms with Crippen molar-refractivity contribution in [3.05, 3.63) is 24.4 Å². The lowest BCUT2D eigenvalue weighted by Gasteiger charge is -2.27.